The number of aromatic nitrogens is 1. The SMILES string of the molecule is COc1cc(OC)cc(Oc2ncccc2[C@@H](C)N)c1. The predicted molar refractivity (Wildman–Crippen MR) is 76.5 cm³/mol. The van der Waals surface area contributed by atoms with E-state index in [-0.39, 0.29) is 6.04 Å². The van der Waals surface area contributed by atoms with Gasteiger partial charge in [-0.1, -0.05) is 6.07 Å². The Balaban J connectivity index is 2.34. The van der Waals surface area contributed by atoms with Crippen LogP contribution in [0.5, 0.6) is 23.1 Å². The smallest absolute Gasteiger partial charge is 0.223 e. The molecule has 5 heteroatoms. The van der Waals surface area contributed by atoms with E-state index in [1.807, 2.05) is 19.1 Å². The monoisotopic (exact) mass is 274 g/mol. The minimum Gasteiger partial charge on any atom is -0.496 e. The van der Waals surface area contributed by atoms with E-state index in [2.05, 4.69) is 4.98 Å². The van der Waals surface area contributed by atoms with Crippen LogP contribution in [0.15, 0.2) is 36.5 Å². The van der Waals surface area contributed by atoms with Crippen molar-refractivity contribution in [1.29, 1.82) is 0 Å². The molecule has 0 amide bonds. The molecule has 2 aromatic rings. The van der Waals surface area contributed by atoms with Gasteiger partial charge in [0.05, 0.1) is 14.2 Å². The van der Waals surface area contributed by atoms with Crippen molar-refractivity contribution in [3.05, 3.63) is 42.1 Å². The van der Waals surface area contributed by atoms with Gasteiger partial charge in [-0.25, -0.2) is 4.98 Å². The molecule has 0 saturated carbocycles. The van der Waals surface area contributed by atoms with Gasteiger partial charge in [-0.15, -0.1) is 0 Å². The first-order valence-corrected chi connectivity index (χ1v) is 6.25. The molecule has 0 saturated heterocycles. The Labute approximate surface area is 118 Å². The molecule has 0 radical (unpaired) electrons. The quantitative estimate of drug-likeness (QED) is 0.908. The highest BCUT2D eigenvalue weighted by atomic mass is 16.5. The number of hydrogen-bond donors (Lipinski definition) is 1. The summed E-state index contributed by atoms with van der Waals surface area (Å²) < 4.78 is 16.2. The average Bonchev–Trinajstić information content (AvgIpc) is 2.47. The van der Waals surface area contributed by atoms with Crippen LogP contribution in [0.2, 0.25) is 0 Å². The van der Waals surface area contributed by atoms with Crippen LogP contribution in [0.25, 0.3) is 0 Å². The lowest BCUT2D eigenvalue weighted by molar-refractivity contribution is 0.384. The third kappa shape index (κ3) is 3.19. The number of nitrogens with zero attached hydrogens (tertiary/aromatic N) is 1. The standard InChI is InChI=1S/C15H18N2O3/c1-10(16)14-5-4-6-17-15(14)20-13-8-11(18-2)7-12(9-13)19-3/h4-10H,16H2,1-3H3/t10-/m1/s1. The molecule has 20 heavy (non-hydrogen) atoms. The van der Waals surface area contributed by atoms with Crippen LogP contribution in [0.1, 0.15) is 18.5 Å². The molecule has 0 unspecified atom stereocenters. The summed E-state index contributed by atoms with van der Waals surface area (Å²) in [5.41, 5.74) is 6.75. The minimum atomic E-state index is -0.161. The molecule has 1 atom stereocenters. The summed E-state index contributed by atoms with van der Waals surface area (Å²) in [6.45, 7) is 1.88. The molecule has 2 N–H and O–H groups in total. The van der Waals surface area contributed by atoms with Crippen molar-refractivity contribution < 1.29 is 14.2 Å². The fraction of sp³-hybridized carbons (Fsp3) is 0.267. The fourth-order valence-corrected chi connectivity index (χ4v) is 1.79. The first-order valence-electron chi connectivity index (χ1n) is 6.25. The maximum Gasteiger partial charge on any atom is 0.223 e. The second-order valence-electron chi connectivity index (χ2n) is 4.34. The number of pyridine rings is 1. The van der Waals surface area contributed by atoms with Crippen molar-refractivity contribution in [1.82, 2.24) is 4.98 Å². The molecule has 1 aromatic heterocycles. The molecule has 5 nitrogen and oxygen atoms in total. The van der Waals surface area contributed by atoms with Gasteiger partial charge in [0, 0.05) is 36.0 Å². The molecule has 0 fully saturated rings. The van der Waals surface area contributed by atoms with Gasteiger partial charge in [0.2, 0.25) is 5.88 Å². The van der Waals surface area contributed by atoms with E-state index in [9.17, 15) is 0 Å². The molecular formula is C15H18N2O3. The maximum absolute atomic E-state index is 5.91. The Hall–Kier alpha value is -2.27. The summed E-state index contributed by atoms with van der Waals surface area (Å²) in [6, 6.07) is 8.87. The summed E-state index contributed by atoms with van der Waals surface area (Å²) in [5.74, 6) is 2.37. The fourth-order valence-electron chi connectivity index (χ4n) is 1.79. The van der Waals surface area contributed by atoms with Crippen LogP contribution >= 0.6 is 0 Å². The van der Waals surface area contributed by atoms with Crippen LogP contribution < -0.4 is 19.9 Å². The first kappa shape index (κ1) is 14.1. The number of hydrogen-bond acceptors (Lipinski definition) is 5. The van der Waals surface area contributed by atoms with Gasteiger partial charge in [-0.05, 0) is 13.0 Å². The highest BCUT2D eigenvalue weighted by molar-refractivity contribution is 5.44. The van der Waals surface area contributed by atoms with Crippen molar-refractivity contribution in [2.24, 2.45) is 5.73 Å². The van der Waals surface area contributed by atoms with Gasteiger partial charge < -0.3 is 19.9 Å². The van der Waals surface area contributed by atoms with Crippen molar-refractivity contribution in [3.8, 4) is 23.1 Å². The van der Waals surface area contributed by atoms with E-state index in [1.54, 1.807) is 38.6 Å². The molecule has 0 aliphatic carbocycles. The maximum atomic E-state index is 5.91. The third-order valence-corrected chi connectivity index (χ3v) is 2.83. The van der Waals surface area contributed by atoms with E-state index in [4.69, 9.17) is 19.9 Å². The summed E-state index contributed by atoms with van der Waals surface area (Å²) in [5, 5.41) is 0. The highest BCUT2D eigenvalue weighted by Gasteiger charge is 2.11. The Kier molecular flexibility index (Phi) is 4.42. The van der Waals surface area contributed by atoms with Crippen LogP contribution in [-0.2, 0) is 0 Å². The zero-order chi connectivity index (χ0) is 14.5. The van der Waals surface area contributed by atoms with E-state index < -0.39 is 0 Å². The van der Waals surface area contributed by atoms with E-state index in [1.165, 1.54) is 0 Å². The second-order valence-corrected chi connectivity index (χ2v) is 4.34. The highest BCUT2D eigenvalue weighted by Crippen LogP contribution is 2.32. The molecule has 0 aliphatic heterocycles. The summed E-state index contributed by atoms with van der Waals surface area (Å²) in [7, 11) is 3.18. The lowest BCUT2D eigenvalue weighted by atomic mass is 10.1. The normalized spacial score (nSPS) is 11.8. The predicted octanol–water partition coefficient (Wildman–Crippen LogP) is 2.91. The van der Waals surface area contributed by atoms with E-state index in [0.717, 1.165) is 5.56 Å². The van der Waals surface area contributed by atoms with Gasteiger partial charge >= 0.3 is 0 Å². The Morgan fingerprint density at radius 2 is 1.65 bits per heavy atom. The van der Waals surface area contributed by atoms with Crippen LogP contribution in [0.4, 0.5) is 0 Å². The molecular weight excluding hydrogens is 256 g/mol. The van der Waals surface area contributed by atoms with Gasteiger partial charge in [-0.2, -0.15) is 0 Å². The Bertz CT molecular complexity index is 563. The van der Waals surface area contributed by atoms with Crippen molar-refractivity contribution in [2.45, 2.75) is 13.0 Å². The van der Waals surface area contributed by atoms with E-state index >= 15 is 0 Å². The van der Waals surface area contributed by atoms with Crippen molar-refractivity contribution in [2.75, 3.05) is 14.2 Å². The van der Waals surface area contributed by atoms with Gasteiger partial charge in [0.15, 0.2) is 0 Å². The number of rotatable bonds is 5. The van der Waals surface area contributed by atoms with Crippen LogP contribution in [0.3, 0.4) is 0 Å². The molecule has 0 aliphatic rings. The van der Waals surface area contributed by atoms with Crippen LogP contribution in [-0.4, -0.2) is 19.2 Å². The lowest BCUT2D eigenvalue weighted by Gasteiger charge is -2.13. The largest absolute Gasteiger partial charge is 0.496 e. The molecule has 0 bridgehead atoms. The van der Waals surface area contributed by atoms with Crippen LogP contribution in [0, 0.1) is 0 Å². The zero-order valence-electron chi connectivity index (χ0n) is 11.8. The van der Waals surface area contributed by atoms with Gasteiger partial charge in [0.1, 0.15) is 17.2 Å². The topological polar surface area (TPSA) is 66.6 Å². The molecule has 1 heterocycles. The number of ether oxygens (including phenoxy) is 3. The second kappa shape index (κ2) is 6.25. The van der Waals surface area contributed by atoms with Gasteiger partial charge in [-0.3, -0.25) is 0 Å². The first-order chi connectivity index (χ1) is 9.63. The molecule has 0 spiro atoms. The molecule has 106 valence electrons. The minimum absolute atomic E-state index is 0.161. The molecule has 2 rings (SSSR count). The van der Waals surface area contributed by atoms with Gasteiger partial charge in [0.25, 0.3) is 0 Å². The molecule has 1 aromatic carbocycles. The number of nitrogens with two attached hydrogens (primary N) is 1. The zero-order valence-corrected chi connectivity index (χ0v) is 11.8. The average molecular weight is 274 g/mol. The summed E-state index contributed by atoms with van der Waals surface area (Å²) in [4.78, 5) is 4.22. The third-order valence-electron chi connectivity index (χ3n) is 2.83. The Morgan fingerprint density at radius 3 is 2.20 bits per heavy atom. The van der Waals surface area contributed by atoms with Crippen molar-refractivity contribution in [3.63, 3.8) is 0 Å². The Morgan fingerprint density at radius 1 is 1.05 bits per heavy atom. The number of methoxy groups -OCH3 is 2. The summed E-state index contributed by atoms with van der Waals surface area (Å²) >= 11 is 0. The van der Waals surface area contributed by atoms with E-state index in [0.29, 0.717) is 23.1 Å². The summed E-state index contributed by atoms with van der Waals surface area (Å²) in [6.07, 6.45) is 1.67. The lowest BCUT2D eigenvalue weighted by Crippen LogP contribution is -2.07. The van der Waals surface area contributed by atoms with Crippen molar-refractivity contribution >= 4 is 0 Å². The number of benzene rings is 1.